The molecule has 0 aliphatic heterocycles. The molecule has 0 amide bonds. The van der Waals surface area contributed by atoms with Gasteiger partial charge < -0.3 is 0 Å². The van der Waals surface area contributed by atoms with Gasteiger partial charge in [0.2, 0.25) is 0 Å². The molecule has 0 bridgehead atoms. The van der Waals surface area contributed by atoms with E-state index in [1.807, 2.05) is 0 Å². The Morgan fingerprint density at radius 2 is 2.30 bits per heavy atom. The van der Waals surface area contributed by atoms with Crippen LogP contribution < -0.4 is 11.3 Å². The molecule has 2 nitrogen and oxygen atoms in total. The first-order valence-corrected chi connectivity index (χ1v) is 4.34. The fourth-order valence-electron chi connectivity index (χ4n) is 1.61. The van der Waals surface area contributed by atoms with Crippen molar-refractivity contribution in [1.82, 2.24) is 5.43 Å². The van der Waals surface area contributed by atoms with Gasteiger partial charge in [-0.3, -0.25) is 11.3 Å². The monoisotopic (exact) mass is 142 g/mol. The molecule has 0 saturated heterocycles. The maximum atomic E-state index is 5.42. The van der Waals surface area contributed by atoms with Crippen LogP contribution in [-0.4, -0.2) is 6.04 Å². The Balaban J connectivity index is 2.17. The van der Waals surface area contributed by atoms with Gasteiger partial charge >= 0.3 is 0 Å². The van der Waals surface area contributed by atoms with Gasteiger partial charge in [-0.25, -0.2) is 0 Å². The first kappa shape index (κ1) is 8.02. The van der Waals surface area contributed by atoms with Crippen LogP contribution in [-0.2, 0) is 0 Å². The van der Waals surface area contributed by atoms with Gasteiger partial charge in [-0.15, -0.1) is 0 Å². The lowest BCUT2D eigenvalue weighted by Crippen LogP contribution is -2.43. The Labute approximate surface area is 63.1 Å². The van der Waals surface area contributed by atoms with Crippen molar-refractivity contribution in [1.29, 1.82) is 0 Å². The molecule has 0 heterocycles. The lowest BCUT2D eigenvalue weighted by Gasteiger charge is -2.33. The molecule has 1 aliphatic carbocycles. The highest BCUT2D eigenvalue weighted by atomic mass is 15.2. The molecule has 1 fully saturated rings. The Morgan fingerprint density at radius 3 is 2.60 bits per heavy atom. The Kier molecular flexibility index (Phi) is 3.16. The fourth-order valence-corrected chi connectivity index (χ4v) is 1.61. The average Bonchev–Trinajstić information content (AvgIpc) is 1.83. The van der Waals surface area contributed by atoms with Crippen molar-refractivity contribution in [2.45, 2.75) is 45.1 Å². The van der Waals surface area contributed by atoms with Crippen molar-refractivity contribution in [3.05, 3.63) is 0 Å². The molecule has 0 aromatic carbocycles. The van der Waals surface area contributed by atoms with Crippen LogP contribution in [0.15, 0.2) is 0 Å². The van der Waals surface area contributed by atoms with Gasteiger partial charge in [0.05, 0.1) is 0 Å². The smallest absolute Gasteiger partial charge is 0.0238 e. The van der Waals surface area contributed by atoms with E-state index in [9.17, 15) is 0 Å². The summed E-state index contributed by atoms with van der Waals surface area (Å²) in [4.78, 5) is 0. The van der Waals surface area contributed by atoms with E-state index < -0.39 is 0 Å². The lowest BCUT2D eigenvalue weighted by molar-refractivity contribution is 0.220. The van der Waals surface area contributed by atoms with Crippen LogP contribution in [0.4, 0.5) is 0 Å². The SMILES string of the molecule is CCCC(NN)C1CCC1. The van der Waals surface area contributed by atoms with Crippen molar-refractivity contribution < 1.29 is 0 Å². The van der Waals surface area contributed by atoms with Gasteiger partial charge in [0, 0.05) is 6.04 Å². The third kappa shape index (κ3) is 1.70. The van der Waals surface area contributed by atoms with E-state index in [0.717, 1.165) is 5.92 Å². The third-order valence-corrected chi connectivity index (χ3v) is 2.53. The van der Waals surface area contributed by atoms with Gasteiger partial charge in [0.25, 0.3) is 0 Å². The van der Waals surface area contributed by atoms with Crippen LogP contribution in [0, 0.1) is 5.92 Å². The molecule has 10 heavy (non-hydrogen) atoms. The van der Waals surface area contributed by atoms with Gasteiger partial charge in [0.15, 0.2) is 0 Å². The van der Waals surface area contributed by atoms with Crippen molar-refractivity contribution in [3.8, 4) is 0 Å². The molecule has 0 aromatic heterocycles. The largest absolute Gasteiger partial charge is 0.271 e. The summed E-state index contributed by atoms with van der Waals surface area (Å²) < 4.78 is 0. The molecule has 0 radical (unpaired) electrons. The van der Waals surface area contributed by atoms with E-state index >= 15 is 0 Å². The highest BCUT2D eigenvalue weighted by Gasteiger charge is 2.25. The summed E-state index contributed by atoms with van der Waals surface area (Å²) in [7, 11) is 0. The summed E-state index contributed by atoms with van der Waals surface area (Å²) in [6.45, 7) is 2.21. The van der Waals surface area contributed by atoms with E-state index in [1.54, 1.807) is 0 Å². The molecule has 1 atom stereocenters. The van der Waals surface area contributed by atoms with Crippen LogP contribution in [0.25, 0.3) is 0 Å². The highest BCUT2D eigenvalue weighted by Crippen LogP contribution is 2.30. The van der Waals surface area contributed by atoms with Gasteiger partial charge in [0.1, 0.15) is 0 Å². The second kappa shape index (κ2) is 3.94. The molecule has 1 saturated carbocycles. The summed E-state index contributed by atoms with van der Waals surface area (Å²) in [6, 6.07) is 0.596. The predicted octanol–water partition coefficient (Wildman–Crippen LogP) is 1.42. The number of hydrazine groups is 1. The quantitative estimate of drug-likeness (QED) is 0.460. The number of hydrogen-bond donors (Lipinski definition) is 2. The van der Waals surface area contributed by atoms with Crippen molar-refractivity contribution in [2.75, 3.05) is 0 Å². The Hall–Kier alpha value is -0.0800. The summed E-state index contributed by atoms with van der Waals surface area (Å²) in [5, 5.41) is 0. The zero-order valence-corrected chi connectivity index (χ0v) is 6.77. The molecule has 3 N–H and O–H groups in total. The molecule has 2 heteroatoms. The molecule has 0 aromatic rings. The summed E-state index contributed by atoms with van der Waals surface area (Å²) in [6.07, 6.45) is 6.66. The zero-order valence-electron chi connectivity index (χ0n) is 6.77. The maximum Gasteiger partial charge on any atom is 0.0238 e. The molecular weight excluding hydrogens is 124 g/mol. The van der Waals surface area contributed by atoms with Crippen LogP contribution in [0.1, 0.15) is 39.0 Å². The van der Waals surface area contributed by atoms with Crippen molar-refractivity contribution >= 4 is 0 Å². The van der Waals surface area contributed by atoms with Gasteiger partial charge in [-0.2, -0.15) is 0 Å². The van der Waals surface area contributed by atoms with Crippen LogP contribution in [0.3, 0.4) is 0 Å². The number of hydrogen-bond acceptors (Lipinski definition) is 2. The minimum atomic E-state index is 0.596. The normalized spacial score (nSPS) is 22.2. The van der Waals surface area contributed by atoms with Crippen molar-refractivity contribution in [3.63, 3.8) is 0 Å². The van der Waals surface area contributed by atoms with Gasteiger partial charge in [-0.05, 0) is 25.2 Å². The van der Waals surface area contributed by atoms with E-state index in [1.165, 1.54) is 32.1 Å². The van der Waals surface area contributed by atoms with E-state index in [2.05, 4.69) is 12.3 Å². The van der Waals surface area contributed by atoms with Crippen molar-refractivity contribution in [2.24, 2.45) is 11.8 Å². The fraction of sp³-hybridized carbons (Fsp3) is 1.00. The molecule has 60 valence electrons. The minimum Gasteiger partial charge on any atom is -0.271 e. The summed E-state index contributed by atoms with van der Waals surface area (Å²) in [5.74, 6) is 6.30. The second-order valence-corrected chi connectivity index (χ2v) is 3.25. The zero-order chi connectivity index (χ0) is 7.40. The summed E-state index contributed by atoms with van der Waals surface area (Å²) in [5.41, 5.74) is 2.90. The average molecular weight is 142 g/mol. The Morgan fingerprint density at radius 1 is 1.60 bits per heavy atom. The lowest BCUT2D eigenvalue weighted by atomic mass is 9.78. The third-order valence-electron chi connectivity index (χ3n) is 2.53. The molecule has 1 unspecified atom stereocenters. The first-order chi connectivity index (χ1) is 4.88. The predicted molar refractivity (Wildman–Crippen MR) is 43.4 cm³/mol. The van der Waals surface area contributed by atoms with Gasteiger partial charge in [-0.1, -0.05) is 19.8 Å². The van der Waals surface area contributed by atoms with Crippen LogP contribution in [0.5, 0.6) is 0 Å². The van der Waals surface area contributed by atoms with E-state index in [0.29, 0.717) is 6.04 Å². The summed E-state index contributed by atoms with van der Waals surface area (Å²) >= 11 is 0. The first-order valence-electron chi connectivity index (χ1n) is 4.34. The number of rotatable bonds is 4. The minimum absolute atomic E-state index is 0.596. The van der Waals surface area contributed by atoms with Crippen LogP contribution in [0.2, 0.25) is 0 Å². The standard InChI is InChI=1S/C8H18N2/c1-2-4-8(10-9)7-5-3-6-7/h7-8,10H,2-6,9H2,1H3. The highest BCUT2D eigenvalue weighted by molar-refractivity contribution is 4.80. The molecule has 0 spiro atoms. The number of nitrogens with two attached hydrogens (primary N) is 1. The van der Waals surface area contributed by atoms with E-state index in [4.69, 9.17) is 5.84 Å². The van der Waals surface area contributed by atoms with Crippen LogP contribution >= 0.6 is 0 Å². The second-order valence-electron chi connectivity index (χ2n) is 3.25. The number of nitrogens with one attached hydrogen (secondary N) is 1. The molecule has 1 aliphatic rings. The molecule has 1 rings (SSSR count). The maximum absolute atomic E-state index is 5.42. The topological polar surface area (TPSA) is 38.0 Å². The van der Waals surface area contributed by atoms with E-state index in [-0.39, 0.29) is 0 Å². The Bertz CT molecular complexity index is 89.3. The molecular formula is C8H18N2.